The fourth-order valence-electron chi connectivity index (χ4n) is 5.49. The number of carbonyl (C=O) groups excluding carboxylic acids is 1. The van der Waals surface area contributed by atoms with E-state index < -0.39 is 5.79 Å². The van der Waals surface area contributed by atoms with Crippen LogP contribution in [0.2, 0.25) is 0 Å². The molecule has 3 heterocycles. The molecule has 0 atom stereocenters. The molecule has 0 aromatic heterocycles. The third-order valence-electron chi connectivity index (χ3n) is 7.93. The van der Waals surface area contributed by atoms with E-state index in [0.717, 1.165) is 82.6 Å². The van der Waals surface area contributed by atoms with Gasteiger partial charge in [-0.05, 0) is 44.9 Å². The zero-order valence-corrected chi connectivity index (χ0v) is 19.7. The summed E-state index contributed by atoms with van der Waals surface area (Å²) in [7, 11) is 0. The Balaban J connectivity index is 1.18. The molecule has 1 saturated carbocycles. The second-order valence-electron chi connectivity index (χ2n) is 9.64. The van der Waals surface area contributed by atoms with Crippen molar-refractivity contribution in [2.24, 2.45) is 0 Å². The van der Waals surface area contributed by atoms with Crippen molar-refractivity contribution in [3.63, 3.8) is 0 Å². The average Bonchev–Trinajstić information content (AvgIpc) is 2.80. The smallest absolute Gasteiger partial charge is 0.320 e. The second-order valence-corrected chi connectivity index (χ2v) is 9.64. The van der Waals surface area contributed by atoms with Crippen molar-refractivity contribution >= 4 is 11.7 Å². The summed E-state index contributed by atoms with van der Waals surface area (Å²) < 4.78 is 12.8. The first-order chi connectivity index (χ1) is 15.6. The summed E-state index contributed by atoms with van der Waals surface area (Å²) in [6, 6.07) is 7.47. The Hall–Kier alpha value is -1.99. The van der Waals surface area contributed by atoms with Crippen molar-refractivity contribution in [2.45, 2.75) is 64.4 Å². The van der Waals surface area contributed by atoms with E-state index in [1.54, 1.807) is 0 Å². The minimum Gasteiger partial charge on any atom is -0.462 e. The Morgan fingerprint density at radius 1 is 1.06 bits per heavy atom. The zero-order valence-electron chi connectivity index (χ0n) is 19.7. The number of hydrogen-bond donors (Lipinski definition) is 0. The Morgan fingerprint density at radius 3 is 2.41 bits per heavy atom. The summed E-state index contributed by atoms with van der Waals surface area (Å²) in [6.45, 7) is 11.6. The van der Waals surface area contributed by atoms with Gasteiger partial charge in [0.05, 0.1) is 6.61 Å². The van der Waals surface area contributed by atoms with Crippen LogP contribution >= 0.6 is 0 Å². The molecule has 32 heavy (non-hydrogen) atoms. The monoisotopic (exact) mass is 442 g/mol. The number of hydrogen-bond acceptors (Lipinski definition) is 5. The number of piperidine rings is 1. The Labute approximate surface area is 192 Å². The van der Waals surface area contributed by atoms with Crippen LogP contribution in [-0.4, -0.2) is 84.9 Å². The lowest BCUT2D eigenvalue weighted by molar-refractivity contribution is -0.231. The SMILES string of the molecule is CCN(CC)C(=O)N1CCN(c2ccc3c(c2)COC2(CCN(C4CCC4)CC2)O3)CC1. The van der Waals surface area contributed by atoms with E-state index in [1.807, 2.05) is 23.6 Å². The molecule has 3 fully saturated rings. The van der Waals surface area contributed by atoms with Gasteiger partial charge in [-0.3, -0.25) is 4.90 Å². The van der Waals surface area contributed by atoms with Gasteiger partial charge in [0.2, 0.25) is 5.79 Å². The fourth-order valence-corrected chi connectivity index (χ4v) is 5.49. The maximum absolute atomic E-state index is 12.6. The average molecular weight is 443 g/mol. The number of benzene rings is 1. The van der Waals surface area contributed by atoms with Crippen LogP contribution in [0, 0.1) is 0 Å². The van der Waals surface area contributed by atoms with Crippen LogP contribution in [0.15, 0.2) is 18.2 Å². The predicted molar refractivity (Wildman–Crippen MR) is 125 cm³/mol. The molecule has 0 unspecified atom stereocenters. The molecule has 1 aliphatic carbocycles. The molecule has 1 aromatic carbocycles. The van der Waals surface area contributed by atoms with Gasteiger partial charge in [0.25, 0.3) is 0 Å². The summed E-state index contributed by atoms with van der Waals surface area (Å²) in [5.41, 5.74) is 2.33. The number of carbonyl (C=O) groups is 1. The normalized spacial score (nSPS) is 23.4. The van der Waals surface area contributed by atoms with Gasteiger partial charge in [0.1, 0.15) is 5.75 Å². The standard InChI is InChI=1S/C25H38N4O3/c1-3-26(4-2)24(30)29-16-14-28(15-17-29)22-8-9-23-20(18-22)19-31-25(32-23)10-12-27(13-11-25)21-6-5-7-21/h8-9,18,21H,3-7,10-17,19H2,1-2H3. The van der Waals surface area contributed by atoms with Crippen LogP contribution in [0.4, 0.5) is 10.5 Å². The molecule has 176 valence electrons. The first-order valence-electron chi connectivity index (χ1n) is 12.6. The molecule has 1 aromatic rings. The van der Waals surface area contributed by atoms with Crippen LogP contribution in [0.5, 0.6) is 5.75 Å². The minimum absolute atomic E-state index is 0.163. The molecule has 0 radical (unpaired) electrons. The number of likely N-dealkylation sites (tertiary alicyclic amines) is 1. The lowest BCUT2D eigenvalue weighted by Gasteiger charge is -2.47. The molecule has 4 aliphatic rings. The first-order valence-corrected chi connectivity index (χ1v) is 12.6. The van der Waals surface area contributed by atoms with Crippen LogP contribution in [0.25, 0.3) is 0 Å². The molecule has 2 amide bonds. The number of anilines is 1. The first kappa shape index (κ1) is 21.8. The second kappa shape index (κ2) is 9.10. The molecular weight excluding hydrogens is 404 g/mol. The van der Waals surface area contributed by atoms with Gasteiger partial charge in [0.15, 0.2) is 0 Å². The van der Waals surface area contributed by atoms with Crippen LogP contribution in [0.1, 0.15) is 51.5 Å². The molecule has 1 spiro atoms. The number of rotatable bonds is 4. The lowest BCUT2D eigenvalue weighted by Crippen LogP contribution is -2.54. The highest BCUT2D eigenvalue weighted by atomic mass is 16.7. The van der Waals surface area contributed by atoms with E-state index >= 15 is 0 Å². The van der Waals surface area contributed by atoms with Crippen molar-refractivity contribution in [1.82, 2.24) is 14.7 Å². The van der Waals surface area contributed by atoms with Crippen LogP contribution < -0.4 is 9.64 Å². The van der Waals surface area contributed by atoms with Crippen LogP contribution in [0.3, 0.4) is 0 Å². The molecule has 7 nitrogen and oxygen atoms in total. The van der Waals surface area contributed by atoms with Gasteiger partial charge in [-0.15, -0.1) is 0 Å². The highest BCUT2D eigenvalue weighted by Crippen LogP contribution is 2.40. The highest BCUT2D eigenvalue weighted by molar-refractivity contribution is 5.74. The van der Waals surface area contributed by atoms with E-state index in [9.17, 15) is 4.79 Å². The third kappa shape index (κ3) is 4.17. The van der Waals surface area contributed by atoms with Crippen molar-refractivity contribution in [1.29, 1.82) is 0 Å². The fraction of sp³-hybridized carbons (Fsp3) is 0.720. The Bertz CT molecular complexity index is 807. The van der Waals surface area contributed by atoms with E-state index in [1.165, 1.54) is 24.9 Å². The molecule has 0 bridgehead atoms. The van der Waals surface area contributed by atoms with Crippen molar-refractivity contribution < 1.29 is 14.3 Å². The number of piperazine rings is 1. The van der Waals surface area contributed by atoms with Crippen LogP contribution in [-0.2, 0) is 11.3 Å². The van der Waals surface area contributed by atoms with E-state index in [-0.39, 0.29) is 6.03 Å². The zero-order chi connectivity index (χ0) is 22.1. The molecular formula is C25H38N4O3. The molecule has 2 saturated heterocycles. The predicted octanol–water partition coefficient (Wildman–Crippen LogP) is 3.52. The quantitative estimate of drug-likeness (QED) is 0.714. The maximum Gasteiger partial charge on any atom is 0.320 e. The van der Waals surface area contributed by atoms with Gasteiger partial charge < -0.3 is 24.2 Å². The molecule has 7 heteroatoms. The lowest BCUT2D eigenvalue weighted by atomic mass is 9.89. The summed E-state index contributed by atoms with van der Waals surface area (Å²) >= 11 is 0. The number of urea groups is 1. The Morgan fingerprint density at radius 2 is 1.78 bits per heavy atom. The highest BCUT2D eigenvalue weighted by Gasteiger charge is 2.42. The van der Waals surface area contributed by atoms with Gasteiger partial charge in [-0.2, -0.15) is 0 Å². The molecule has 0 N–H and O–H groups in total. The number of nitrogens with zero attached hydrogens (tertiary/aromatic N) is 4. The number of ether oxygens (including phenoxy) is 2. The van der Waals surface area contributed by atoms with Gasteiger partial charge in [0, 0.05) is 82.5 Å². The van der Waals surface area contributed by atoms with E-state index in [2.05, 4.69) is 28.0 Å². The topological polar surface area (TPSA) is 48.5 Å². The van der Waals surface area contributed by atoms with Gasteiger partial charge in [-0.25, -0.2) is 4.79 Å². The number of fused-ring (bicyclic) bond motifs is 1. The number of amides is 2. The maximum atomic E-state index is 12.6. The minimum atomic E-state index is -0.439. The summed E-state index contributed by atoms with van der Waals surface area (Å²) in [5, 5.41) is 0. The van der Waals surface area contributed by atoms with Gasteiger partial charge >= 0.3 is 6.03 Å². The molecule has 5 rings (SSSR count). The Kier molecular flexibility index (Phi) is 6.21. The third-order valence-corrected chi connectivity index (χ3v) is 7.93. The van der Waals surface area contributed by atoms with Crippen molar-refractivity contribution in [3.8, 4) is 5.75 Å². The molecule has 3 aliphatic heterocycles. The summed E-state index contributed by atoms with van der Waals surface area (Å²) in [4.78, 5) is 21.5. The van der Waals surface area contributed by atoms with Crippen molar-refractivity contribution in [3.05, 3.63) is 23.8 Å². The summed E-state index contributed by atoms with van der Waals surface area (Å²) in [6.07, 6.45) is 6.01. The van der Waals surface area contributed by atoms with E-state index in [4.69, 9.17) is 9.47 Å². The van der Waals surface area contributed by atoms with Crippen molar-refractivity contribution in [2.75, 3.05) is 57.3 Å². The summed E-state index contributed by atoms with van der Waals surface area (Å²) in [5.74, 6) is 0.540. The largest absolute Gasteiger partial charge is 0.462 e. The van der Waals surface area contributed by atoms with Gasteiger partial charge in [-0.1, -0.05) is 6.42 Å². The van der Waals surface area contributed by atoms with E-state index in [0.29, 0.717) is 6.61 Å².